The second kappa shape index (κ2) is 6.35. The Morgan fingerprint density at radius 1 is 1.13 bits per heavy atom. The van der Waals surface area contributed by atoms with E-state index in [1.807, 2.05) is 18.2 Å². The molecule has 23 heavy (non-hydrogen) atoms. The van der Waals surface area contributed by atoms with E-state index in [-0.39, 0.29) is 5.44 Å². The molecule has 1 atom stereocenters. The first-order valence-corrected chi connectivity index (χ1v) is 8.60. The second-order valence-corrected chi connectivity index (χ2v) is 6.66. The molecule has 0 aliphatic carbocycles. The van der Waals surface area contributed by atoms with Crippen LogP contribution in [0.5, 0.6) is 0 Å². The van der Waals surface area contributed by atoms with Gasteiger partial charge in [-0.15, -0.1) is 0 Å². The molecule has 0 N–H and O–H groups in total. The van der Waals surface area contributed by atoms with Crippen LogP contribution < -0.4 is 0 Å². The quantitative estimate of drug-likeness (QED) is 0.734. The van der Waals surface area contributed by atoms with Gasteiger partial charge in [0.25, 0.3) is 0 Å². The van der Waals surface area contributed by atoms with E-state index < -0.39 is 0 Å². The largest absolute Gasteiger partial charge is 0.375 e. The number of imidazole rings is 1. The first kappa shape index (κ1) is 14.8. The average molecular weight is 326 g/mol. The Labute approximate surface area is 139 Å². The molecule has 2 aromatic heterocycles. The van der Waals surface area contributed by atoms with Crippen molar-refractivity contribution in [3.05, 3.63) is 54.2 Å². The molecule has 0 spiro atoms. The van der Waals surface area contributed by atoms with Crippen molar-refractivity contribution in [3.8, 4) is 11.3 Å². The van der Waals surface area contributed by atoms with Gasteiger partial charge in [-0.25, -0.2) is 4.98 Å². The van der Waals surface area contributed by atoms with Gasteiger partial charge in [-0.3, -0.25) is 4.40 Å². The van der Waals surface area contributed by atoms with Crippen LogP contribution in [0.2, 0.25) is 0 Å². The molecular weight excluding hydrogens is 308 g/mol. The number of fused-ring (bicyclic) bond motifs is 1. The van der Waals surface area contributed by atoms with Crippen molar-refractivity contribution in [1.82, 2.24) is 9.38 Å². The van der Waals surface area contributed by atoms with Gasteiger partial charge >= 0.3 is 0 Å². The first-order chi connectivity index (χ1) is 11.3. The smallest absolute Gasteiger partial charge is 0.141 e. The van der Waals surface area contributed by atoms with Crippen LogP contribution in [0.1, 0.15) is 5.56 Å². The van der Waals surface area contributed by atoms with Gasteiger partial charge < -0.3 is 9.47 Å². The average Bonchev–Trinajstić information content (AvgIpc) is 2.97. The number of pyridine rings is 1. The number of aryl methyl sites for hydroxylation is 1. The Morgan fingerprint density at radius 2 is 2.00 bits per heavy atom. The molecular formula is C18H18N2O2S. The lowest BCUT2D eigenvalue weighted by Gasteiger charge is -2.22. The molecule has 0 amide bonds. The number of hydrogen-bond donors (Lipinski definition) is 0. The first-order valence-electron chi connectivity index (χ1n) is 7.72. The van der Waals surface area contributed by atoms with Crippen LogP contribution in [-0.2, 0) is 9.47 Å². The van der Waals surface area contributed by atoms with E-state index in [2.05, 4.69) is 41.8 Å². The van der Waals surface area contributed by atoms with Crippen molar-refractivity contribution in [1.29, 1.82) is 0 Å². The summed E-state index contributed by atoms with van der Waals surface area (Å²) < 4.78 is 13.5. The summed E-state index contributed by atoms with van der Waals surface area (Å²) in [6, 6.07) is 14.4. The molecule has 3 aromatic rings. The predicted molar refractivity (Wildman–Crippen MR) is 91.8 cm³/mol. The maximum Gasteiger partial charge on any atom is 0.141 e. The molecule has 1 aliphatic rings. The number of thioether (sulfide) groups is 1. The van der Waals surface area contributed by atoms with Crippen LogP contribution in [0.3, 0.4) is 0 Å². The Bertz CT molecular complexity index is 811. The third-order valence-corrected chi connectivity index (χ3v) is 5.03. The maximum atomic E-state index is 5.82. The molecule has 4 nitrogen and oxygen atoms in total. The van der Waals surface area contributed by atoms with Crippen molar-refractivity contribution >= 4 is 17.4 Å². The highest BCUT2D eigenvalue weighted by atomic mass is 32.2. The zero-order valence-corrected chi connectivity index (χ0v) is 13.8. The van der Waals surface area contributed by atoms with E-state index in [4.69, 9.17) is 14.5 Å². The fourth-order valence-electron chi connectivity index (χ4n) is 2.74. The predicted octanol–water partition coefficient (Wildman–Crippen LogP) is 3.77. The zero-order chi connectivity index (χ0) is 15.6. The molecule has 1 aromatic carbocycles. The zero-order valence-electron chi connectivity index (χ0n) is 12.9. The summed E-state index contributed by atoms with van der Waals surface area (Å²) in [7, 11) is 0. The third-order valence-electron chi connectivity index (χ3n) is 3.88. The minimum absolute atomic E-state index is 0.00613. The lowest BCUT2D eigenvalue weighted by Crippen LogP contribution is -2.25. The summed E-state index contributed by atoms with van der Waals surface area (Å²) in [4.78, 5) is 4.89. The number of hydrogen-bond acceptors (Lipinski definition) is 4. The van der Waals surface area contributed by atoms with Crippen molar-refractivity contribution < 1.29 is 9.47 Å². The van der Waals surface area contributed by atoms with Crippen molar-refractivity contribution in [2.45, 2.75) is 17.4 Å². The van der Waals surface area contributed by atoms with Gasteiger partial charge in [-0.05, 0) is 18.6 Å². The Kier molecular flexibility index (Phi) is 4.08. The molecule has 0 radical (unpaired) electrons. The number of aromatic nitrogens is 2. The Hall–Kier alpha value is -1.82. The van der Waals surface area contributed by atoms with Crippen LogP contribution >= 0.6 is 11.8 Å². The van der Waals surface area contributed by atoms with Crippen molar-refractivity contribution in [2.24, 2.45) is 0 Å². The summed E-state index contributed by atoms with van der Waals surface area (Å²) in [5.74, 6) is 0. The second-order valence-electron chi connectivity index (χ2n) is 5.51. The van der Waals surface area contributed by atoms with Gasteiger partial charge in [0.2, 0.25) is 0 Å². The maximum absolute atomic E-state index is 5.82. The molecule has 1 fully saturated rings. The fraction of sp³-hybridized carbons (Fsp3) is 0.278. The lowest BCUT2D eigenvalue weighted by molar-refractivity contribution is -0.0498. The standard InChI is InChI=1S/C18H18N2O2S/c1-13-6-5-9-20-17(13)19-16(14-7-3-2-4-8-14)18(20)23-15-12-21-10-11-22-15/h2-9,15H,10-12H2,1H3. The minimum Gasteiger partial charge on any atom is -0.375 e. The molecule has 4 rings (SSSR count). The molecule has 1 unspecified atom stereocenters. The van der Waals surface area contributed by atoms with Crippen molar-refractivity contribution in [2.75, 3.05) is 19.8 Å². The Balaban J connectivity index is 1.83. The van der Waals surface area contributed by atoms with Gasteiger partial charge in [0.15, 0.2) is 0 Å². The molecule has 0 saturated carbocycles. The van der Waals surface area contributed by atoms with Gasteiger partial charge in [-0.2, -0.15) is 0 Å². The number of rotatable bonds is 3. The molecule has 1 aliphatic heterocycles. The highest BCUT2D eigenvalue weighted by Gasteiger charge is 2.22. The topological polar surface area (TPSA) is 35.8 Å². The highest BCUT2D eigenvalue weighted by Crippen LogP contribution is 2.36. The van der Waals surface area contributed by atoms with Gasteiger partial charge in [0, 0.05) is 11.8 Å². The molecule has 1 saturated heterocycles. The van der Waals surface area contributed by atoms with E-state index in [0.29, 0.717) is 19.8 Å². The minimum atomic E-state index is 0.00613. The summed E-state index contributed by atoms with van der Waals surface area (Å²) >= 11 is 1.68. The SMILES string of the molecule is Cc1cccn2c(SC3COCCO3)c(-c3ccccc3)nc12. The van der Waals surface area contributed by atoms with Crippen LogP contribution in [0.15, 0.2) is 53.7 Å². The molecule has 5 heteroatoms. The van der Waals surface area contributed by atoms with E-state index in [1.54, 1.807) is 11.8 Å². The van der Waals surface area contributed by atoms with E-state index in [9.17, 15) is 0 Å². The van der Waals surface area contributed by atoms with Crippen LogP contribution in [0.4, 0.5) is 0 Å². The lowest BCUT2D eigenvalue weighted by atomic mass is 10.2. The molecule has 3 heterocycles. The van der Waals surface area contributed by atoms with Gasteiger partial charge in [-0.1, -0.05) is 48.2 Å². The summed E-state index contributed by atoms with van der Waals surface area (Å²) in [6.45, 7) is 4.02. The summed E-state index contributed by atoms with van der Waals surface area (Å²) in [5.41, 5.74) is 4.28. The summed E-state index contributed by atoms with van der Waals surface area (Å²) in [6.07, 6.45) is 2.06. The van der Waals surface area contributed by atoms with E-state index in [0.717, 1.165) is 27.5 Å². The third kappa shape index (κ3) is 2.87. The van der Waals surface area contributed by atoms with Crippen LogP contribution in [0, 0.1) is 6.92 Å². The summed E-state index contributed by atoms with van der Waals surface area (Å²) in [5, 5.41) is 1.10. The van der Waals surface area contributed by atoms with Crippen LogP contribution in [-0.4, -0.2) is 34.6 Å². The number of ether oxygens (including phenoxy) is 2. The number of benzene rings is 1. The highest BCUT2D eigenvalue weighted by molar-refractivity contribution is 7.99. The van der Waals surface area contributed by atoms with E-state index >= 15 is 0 Å². The van der Waals surface area contributed by atoms with Crippen LogP contribution in [0.25, 0.3) is 16.9 Å². The number of nitrogens with zero attached hydrogens (tertiary/aromatic N) is 2. The molecule has 0 bridgehead atoms. The fourth-order valence-corrected chi connectivity index (χ4v) is 3.85. The van der Waals surface area contributed by atoms with Gasteiger partial charge in [0.1, 0.15) is 21.8 Å². The van der Waals surface area contributed by atoms with Gasteiger partial charge in [0.05, 0.1) is 19.8 Å². The normalized spacial score (nSPS) is 18.4. The Morgan fingerprint density at radius 3 is 2.78 bits per heavy atom. The van der Waals surface area contributed by atoms with E-state index in [1.165, 1.54) is 0 Å². The van der Waals surface area contributed by atoms with Crippen molar-refractivity contribution in [3.63, 3.8) is 0 Å². The molecule has 118 valence electrons. The monoisotopic (exact) mass is 326 g/mol.